The molecule has 2 N–H and O–H groups in total. The molecule has 1 atom stereocenters. The predicted molar refractivity (Wildman–Crippen MR) is 78.3 cm³/mol. The number of nitrogens with one attached hydrogen (secondary N) is 1. The van der Waals surface area contributed by atoms with E-state index in [1.807, 2.05) is 0 Å². The minimum atomic E-state index is -1.22. The second-order valence-corrected chi connectivity index (χ2v) is 4.87. The maximum absolute atomic E-state index is 12.0. The maximum atomic E-state index is 12.0. The lowest BCUT2D eigenvalue weighted by molar-refractivity contribution is -0.121. The molecule has 1 aliphatic heterocycles. The van der Waals surface area contributed by atoms with E-state index in [9.17, 15) is 14.6 Å². The van der Waals surface area contributed by atoms with Gasteiger partial charge in [-0.3, -0.25) is 4.79 Å². The highest BCUT2D eigenvalue weighted by Gasteiger charge is 2.37. The zero-order chi connectivity index (χ0) is 16.1. The van der Waals surface area contributed by atoms with Crippen molar-refractivity contribution < 1.29 is 28.7 Å². The van der Waals surface area contributed by atoms with Crippen LogP contribution in [0.25, 0.3) is 0 Å². The summed E-state index contributed by atoms with van der Waals surface area (Å²) < 4.78 is 15.0. The average Bonchev–Trinajstić information content (AvgIpc) is 2.52. The van der Waals surface area contributed by atoms with E-state index in [-0.39, 0.29) is 24.0 Å². The molecule has 7 nitrogen and oxygen atoms in total. The van der Waals surface area contributed by atoms with Gasteiger partial charge in [0, 0.05) is 13.5 Å². The third-order valence-electron chi connectivity index (χ3n) is 3.31. The summed E-state index contributed by atoms with van der Waals surface area (Å²) in [7, 11) is 0.189. The fourth-order valence-corrected chi connectivity index (χ4v) is 2.21. The number of esters is 1. The largest absolute Gasteiger partial charge is 0.547 e. The monoisotopic (exact) mass is 307 g/mol. The van der Waals surface area contributed by atoms with E-state index < -0.39 is 19.0 Å². The molecule has 0 aliphatic carbocycles. The van der Waals surface area contributed by atoms with Crippen molar-refractivity contribution >= 4 is 19.0 Å². The van der Waals surface area contributed by atoms with E-state index in [1.54, 1.807) is 25.1 Å². The van der Waals surface area contributed by atoms with Crippen molar-refractivity contribution in [1.29, 1.82) is 0 Å². The van der Waals surface area contributed by atoms with Crippen LogP contribution in [0.2, 0.25) is 0 Å². The Morgan fingerprint density at radius 3 is 2.95 bits per heavy atom. The van der Waals surface area contributed by atoms with E-state index in [1.165, 1.54) is 7.11 Å². The molecule has 8 heteroatoms. The van der Waals surface area contributed by atoms with Crippen molar-refractivity contribution in [2.24, 2.45) is 0 Å². The molecule has 1 aromatic rings. The summed E-state index contributed by atoms with van der Waals surface area (Å²) in [5.74, 6) is -1.04. The van der Waals surface area contributed by atoms with Gasteiger partial charge in [0.15, 0.2) is 6.79 Å². The van der Waals surface area contributed by atoms with Crippen molar-refractivity contribution in [3.8, 4) is 5.75 Å². The standard InChI is InChI=1S/C14H18BNO6/c1-3-12(17)16-11-7-9-5-4-6-10(13(9)22-15(11)19)14(18)21-8-20-2/h4-6,11,19H,3,7-8H2,1-2H3,(H,16,17)/t11-/m0/s1. The number of fused-ring (bicyclic) bond motifs is 1. The van der Waals surface area contributed by atoms with Crippen LogP contribution in [0.4, 0.5) is 0 Å². The van der Waals surface area contributed by atoms with E-state index in [0.29, 0.717) is 12.8 Å². The maximum Gasteiger partial charge on any atom is 0.547 e. The molecule has 1 aromatic carbocycles. The minimum Gasteiger partial charge on any atom is -0.534 e. The van der Waals surface area contributed by atoms with Crippen LogP contribution in [0, 0.1) is 0 Å². The first-order chi connectivity index (χ1) is 10.6. The molecule has 22 heavy (non-hydrogen) atoms. The lowest BCUT2D eigenvalue weighted by Gasteiger charge is -2.29. The Labute approximate surface area is 128 Å². The van der Waals surface area contributed by atoms with Gasteiger partial charge in [-0.05, 0) is 18.1 Å². The zero-order valence-electron chi connectivity index (χ0n) is 12.5. The van der Waals surface area contributed by atoms with E-state index in [2.05, 4.69) is 5.32 Å². The molecule has 1 aliphatic rings. The number of methoxy groups -OCH3 is 1. The van der Waals surface area contributed by atoms with Gasteiger partial charge >= 0.3 is 13.1 Å². The highest BCUT2D eigenvalue weighted by Crippen LogP contribution is 2.30. The van der Waals surface area contributed by atoms with Gasteiger partial charge in [-0.1, -0.05) is 19.1 Å². The van der Waals surface area contributed by atoms with Gasteiger partial charge < -0.3 is 24.5 Å². The first-order valence-corrected chi connectivity index (χ1v) is 6.98. The molecule has 0 saturated carbocycles. The van der Waals surface area contributed by atoms with Crippen molar-refractivity contribution in [2.45, 2.75) is 25.7 Å². The van der Waals surface area contributed by atoms with E-state index >= 15 is 0 Å². The number of hydrogen-bond acceptors (Lipinski definition) is 6. The number of ether oxygens (including phenoxy) is 2. The number of amides is 1. The lowest BCUT2D eigenvalue weighted by Crippen LogP contribution is -2.53. The van der Waals surface area contributed by atoms with E-state index in [0.717, 1.165) is 5.56 Å². The quantitative estimate of drug-likeness (QED) is 0.461. The Bertz CT molecular complexity index is 564. The van der Waals surface area contributed by atoms with Crippen molar-refractivity contribution in [3.63, 3.8) is 0 Å². The summed E-state index contributed by atoms with van der Waals surface area (Å²) in [5.41, 5.74) is 0.937. The van der Waals surface area contributed by atoms with Gasteiger partial charge in [0.05, 0.1) is 5.94 Å². The first kappa shape index (κ1) is 16.3. The van der Waals surface area contributed by atoms with Crippen molar-refractivity contribution in [1.82, 2.24) is 5.32 Å². The Morgan fingerprint density at radius 1 is 1.50 bits per heavy atom. The average molecular weight is 307 g/mol. The summed E-state index contributed by atoms with van der Waals surface area (Å²) in [6.07, 6.45) is 0.688. The van der Waals surface area contributed by atoms with Gasteiger partial charge in [0.2, 0.25) is 5.91 Å². The molecule has 0 saturated heterocycles. The molecule has 0 unspecified atom stereocenters. The van der Waals surface area contributed by atoms with Crippen LogP contribution in [0.3, 0.4) is 0 Å². The Kier molecular flexibility index (Phi) is 5.40. The summed E-state index contributed by atoms with van der Waals surface area (Å²) in [4.78, 5) is 23.4. The van der Waals surface area contributed by atoms with Crippen LogP contribution in [-0.4, -0.2) is 43.9 Å². The van der Waals surface area contributed by atoms with Gasteiger partial charge in [-0.15, -0.1) is 0 Å². The molecular weight excluding hydrogens is 289 g/mol. The molecule has 2 rings (SSSR count). The molecule has 0 bridgehead atoms. The summed E-state index contributed by atoms with van der Waals surface area (Å²) in [6, 6.07) is 5.02. The van der Waals surface area contributed by atoms with Crippen LogP contribution in [-0.2, 0) is 20.7 Å². The van der Waals surface area contributed by atoms with Gasteiger partial charge in [-0.2, -0.15) is 0 Å². The number of carbonyl (C=O) groups excluding carboxylic acids is 2. The normalized spacial score (nSPS) is 16.5. The Hall–Kier alpha value is -2.06. The van der Waals surface area contributed by atoms with Crippen LogP contribution in [0.5, 0.6) is 5.75 Å². The van der Waals surface area contributed by atoms with Gasteiger partial charge in [0.25, 0.3) is 0 Å². The number of rotatable bonds is 5. The van der Waals surface area contributed by atoms with E-state index in [4.69, 9.17) is 14.1 Å². The van der Waals surface area contributed by atoms with Crippen LogP contribution in [0.1, 0.15) is 29.3 Å². The minimum absolute atomic E-state index is 0.166. The molecule has 118 valence electrons. The fraction of sp³-hybridized carbons (Fsp3) is 0.429. The second-order valence-electron chi connectivity index (χ2n) is 4.87. The number of carbonyl (C=O) groups is 2. The third-order valence-corrected chi connectivity index (χ3v) is 3.31. The molecule has 0 aromatic heterocycles. The smallest absolute Gasteiger partial charge is 0.534 e. The van der Waals surface area contributed by atoms with Gasteiger partial charge in [-0.25, -0.2) is 4.79 Å². The zero-order valence-corrected chi connectivity index (χ0v) is 12.5. The van der Waals surface area contributed by atoms with Gasteiger partial charge in [0.1, 0.15) is 11.3 Å². The van der Waals surface area contributed by atoms with Crippen molar-refractivity contribution in [2.75, 3.05) is 13.9 Å². The Morgan fingerprint density at radius 2 is 2.27 bits per heavy atom. The summed E-state index contributed by atoms with van der Waals surface area (Å²) >= 11 is 0. The number of hydrogen-bond donors (Lipinski definition) is 2. The molecule has 0 spiro atoms. The topological polar surface area (TPSA) is 94.1 Å². The molecule has 0 radical (unpaired) electrons. The summed E-state index contributed by atoms with van der Waals surface area (Å²) in [6.45, 7) is 1.56. The number of benzene rings is 1. The highest BCUT2D eigenvalue weighted by atomic mass is 16.7. The van der Waals surface area contributed by atoms with Crippen LogP contribution < -0.4 is 9.97 Å². The SMILES string of the molecule is CCC(=O)N[C@H]1Cc2cccc(C(=O)OCOC)c2OB1O. The first-order valence-electron chi connectivity index (χ1n) is 6.98. The molecule has 1 heterocycles. The van der Waals surface area contributed by atoms with Crippen LogP contribution >= 0.6 is 0 Å². The van der Waals surface area contributed by atoms with Crippen molar-refractivity contribution in [3.05, 3.63) is 29.3 Å². The Balaban J connectivity index is 2.20. The number of para-hydroxylation sites is 1. The second kappa shape index (κ2) is 7.28. The molecule has 1 amide bonds. The summed E-state index contributed by atoms with van der Waals surface area (Å²) in [5, 5.41) is 12.7. The predicted octanol–water partition coefficient (Wildman–Crippen LogP) is 0.297. The molecule has 0 fully saturated rings. The van der Waals surface area contributed by atoms with Crippen LogP contribution in [0.15, 0.2) is 18.2 Å². The highest BCUT2D eigenvalue weighted by molar-refractivity contribution is 6.47. The third kappa shape index (κ3) is 3.58. The fourth-order valence-electron chi connectivity index (χ4n) is 2.21. The lowest BCUT2D eigenvalue weighted by atomic mass is 9.72. The molecular formula is C14H18BNO6.